The fraction of sp³-hybridized carbons (Fsp3) is 0.0800. The van der Waals surface area contributed by atoms with Crippen LogP contribution in [0.2, 0.25) is 10.0 Å². The van der Waals surface area contributed by atoms with Crippen LogP contribution in [-0.4, -0.2) is 20.9 Å². The van der Waals surface area contributed by atoms with E-state index in [0.29, 0.717) is 32.9 Å². The first kappa shape index (κ1) is 21.4. The Morgan fingerprint density at radius 3 is 2.85 bits per heavy atom. The standard InChI is InChI=1S/C25H17Cl2FN4O/c26-17-4-5-22-15(8-17)6-14(11-29-22)7-18-2-1-3-23(32-18)25(33)31-12-16-9-19-20(27)13-30-24(19)10-21(16)28/h1-6,8-11,13,30H,7,12H2,(H,31,33). The Morgan fingerprint density at radius 2 is 1.97 bits per heavy atom. The lowest BCUT2D eigenvalue weighted by atomic mass is 10.1. The Labute approximate surface area is 198 Å². The summed E-state index contributed by atoms with van der Waals surface area (Å²) in [7, 11) is 0. The van der Waals surface area contributed by atoms with Gasteiger partial charge in [-0.25, -0.2) is 9.37 Å². The summed E-state index contributed by atoms with van der Waals surface area (Å²) in [5.41, 5.74) is 3.73. The number of hydrogen-bond donors (Lipinski definition) is 2. The van der Waals surface area contributed by atoms with Crippen molar-refractivity contribution in [1.29, 1.82) is 0 Å². The minimum absolute atomic E-state index is 0.0172. The second-order valence-corrected chi connectivity index (χ2v) is 8.52. The van der Waals surface area contributed by atoms with Gasteiger partial charge in [-0.3, -0.25) is 9.78 Å². The van der Waals surface area contributed by atoms with E-state index in [1.165, 1.54) is 6.07 Å². The first-order chi connectivity index (χ1) is 16.0. The zero-order chi connectivity index (χ0) is 22.9. The molecule has 5 aromatic rings. The molecule has 0 saturated heterocycles. The van der Waals surface area contributed by atoms with Crippen molar-refractivity contribution >= 4 is 50.9 Å². The van der Waals surface area contributed by atoms with Crippen LogP contribution >= 0.6 is 23.2 Å². The number of hydrogen-bond acceptors (Lipinski definition) is 3. The van der Waals surface area contributed by atoms with Crippen LogP contribution in [0.25, 0.3) is 21.8 Å². The molecule has 0 aliphatic carbocycles. The Kier molecular flexibility index (Phi) is 5.70. The van der Waals surface area contributed by atoms with Crippen LogP contribution in [0, 0.1) is 5.82 Å². The van der Waals surface area contributed by atoms with Gasteiger partial charge < -0.3 is 10.3 Å². The number of carbonyl (C=O) groups excluding carboxylic acids is 1. The highest BCUT2D eigenvalue weighted by Crippen LogP contribution is 2.26. The Bertz CT molecular complexity index is 1520. The highest BCUT2D eigenvalue weighted by atomic mass is 35.5. The summed E-state index contributed by atoms with van der Waals surface area (Å²) >= 11 is 12.2. The van der Waals surface area contributed by atoms with Crippen LogP contribution in [0.5, 0.6) is 0 Å². The Hall–Kier alpha value is -3.48. The van der Waals surface area contributed by atoms with E-state index >= 15 is 0 Å². The minimum atomic E-state index is -0.424. The molecular formula is C25H17Cl2FN4O. The first-order valence-corrected chi connectivity index (χ1v) is 11.0. The number of nitrogens with zero attached hydrogens (tertiary/aromatic N) is 2. The van der Waals surface area contributed by atoms with Crippen molar-refractivity contribution < 1.29 is 9.18 Å². The molecule has 3 heterocycles. The smallest absolute Gasteiger partial charge is 0.270 e. The van der Waals surface area contributed by atoms with Crippen LogP contribution in [0.4, 0.5) is 4.39 Å². The second kappa shape index (κ2) is 8.81. The lowest BCUT2D eigenvalue weighted by Gasteiger charge is -2.08. The zero-order valence-electron chi connectivity index (χ0n) is 17.2. The minimum Gasteiger partial charge on any atom is -0.360 e. The van der Waals surface area contributed by atoms with Crippen LogP contribution in [0.15, 0.2) is 67.0 Å². The van der Waals surface area contributed by atoms with E-state index in [9.17, 15) is 9.18 Å². The number of aromatic amines is 1. The molecule has 8 heteroatoms. The van der Waals surface area contributed by atoms with Crippen molar-refractivity contribution in [2.24, 2.45) is 0 Å². The fourth-order valence-electron chi connectivity index (χ4n) is 3.71. The molecule has 5 rings (SSSR count). The van der Waals surface area contributed by atoms with Gasteiger partial charge in [0.25, 0.3) is 5.91 Å². The van der Waals surface area contributed by atoms with Crippen LogP contribution in [0.3, 0.4) is 0 Å². The monoisotopic (exact) mass is 478 g/mol. The van der Waals surface area contributed by atoms with Gasteiger partial charge in [0.2, 0.25) is 0 Å². The van der Waals surface area contributed by atoms with E-state index < -0.39 is 5.82 Å². The van der Waals surface area contributed by atoms with Gasteiger partial charge in [-0.15, -0.1) is 0 Å². The zero-order valence-corrected chi connectivity index (χ0v) is 18.7. The quantitative estimate of drug-likeness (QED) is 0.321. The van der Waals surface area contributed by atoms with E-state index in [2.05, 4.69) is 20.3 Å². The molecule has 5 nitrogen and oxygen atoms in total. The average molecular weight is 479 g/mol. The van der Waals surface area contributed by atoms with Gasteiger partial charge in [-0.05, 0) is 54.1 Å². The predicted octanol–water partition coefficient (Wildman–Crippen LogP) is 6.08. The lowest BCUT2D eigenvalue weighted by molar-refractivity contribution is 0.0945. The van der Waals surface area contributed by atoms with E-state index in [0.717, 1.165) is 22.2 Å². The van der Waals surface area contributed by atoms with Crippen molar-refractivity contribution in [3.05, 3.63) is 105 Å². The molecular weight excluding hydrogens is 462 g/mol. The summed E-state index contributed by atoms with van der Waals surface area (Å²) in [4.78, 5) is 24.5. The SMILES string of the molecule is O=C(NCc1cc2c(Cl)c[nH]c2cc1F)c1cccc(Cc2cnc3ccc(Cl)cc3c2)n1. The molecule has 0 saturated carbocycles. The van der Waals surface area contributed by atoms with E-state index in [1.54, 1.807) is 36.7 Å². The van der Waals surface area contributed by atoms with Crippen molar-refractivity contribution in [2.75, 3.05) is 0 Å². The van der Waals surface area contributed by atoms with Gasteiger partial charge in [0.1, 0.15) is 11.5 Å². The third kappa shape index (κ3) is 4.53. The van der Waals surface area contributed by atoms with Gasteiger partial charge in [-0.1, -0.05) is 29.3 Å². The fourth-order valence-corrected chi connectivity index (χ4v) is 4.11. The van der Waals surface area contributed by atoms with Crippen molar-refractivity contribution in [3.8, 4) is 0 Å². The number of H-pyrrole nitrogens is 1. The molecule has 2 aromatic carbocycles. The summed E-state index contributed by atoms with van der Waals surface area (Å²) in [6.07, 6.45) is 3.90. The van der Waals surface area contributed by atoms with Gasteiger partial charge in [0.15, 0.2) is 0 Å². The molecule has 0 atom stereocenters. The summed E-state index contributed by atoms with van der Waals surface area (Å²) in [6, 6.07) is 15.8. The van der Waals surface area contributed by atoms with Crippen LogP contribution in [-0.2, 0) is 13.0 Å². The lowest BCUT2D eigenvalue weighted by Crippen LogP contribution is -2.24. The van der Waals surface area contributed by atoms with Gasteiger partial charge in [0, 0.05) is 57.9 Å². The first-order valence-electron chi connectivity index (χ1n) is 10.2. The summed E-state index contributed by atoms with van der Waals surface area (Å²) in [6.45, 7) is 0.0172. The number of rotatable bonds is 5. The molecule has 0 aliphatic heterocycles. The number of fused-ring (bicyclic) bond motifs is 2. The number of halogens is 3. The van der Waals surface area contributed by atoms with E-state index in [4.69, 9.17) is 23.2 Å². The van der Waals surface area contributed by atoms with Crippen LogP contribution in [0.1, 0.15) is 27.3 Å². The highest BCUT2D eigenvalue weighted by Gasteiger charge is 2.12. The molecule has 0 aliphatic rings. The maximum Gasteiger partial charge on any atom is 0.270 e. The molecule has 0 radical (unpaired) electrons. The van der Waals surface area contributed by atoms with Gasteiger partial charge in [0.05, 0.1) is 10.5 Å². The molecule has 2 N–H and O–H groups in total. The summed E-state index contributed by atoms with van der Waals surface area (Å²) in [5, 5.41) is 5.52. The molecule has 33 heavy (non-hydrogen) atoms. The van der Waals surface area contributed by atoms with Crippen molar-refractivity contribution in [1.82, 2.24) is 20.3 Å². The normalized spacial score (nSPS) is 11.2. The van der Waals surface area contributed by atoms with E-state index in [1.807, 2.05) is 24.3 Å². The maximum atomic E-state index is 14.4. The third-order valence-electron chi connectivity index (χ3n) is 5.36. The van der Waals surface area contributed by atoms with Crippen molar-refractivity contribution in [2.45, 2.75) is 13.0 Å². The third-order valence-corrected chi connectivity index (χ3v) is 5.91. The number of pyridine rings is 2. The average Bonchev–Trinajstić information content (AvgIpc) is 3.16. The highest BCUT2D eigenvalue weighted by molar-refractivity contribution is 6.35. The second-order valence-electron chi connectivity index (χ2n) is 7.68. The molecule has 164 valence electrons. The summed E-state index contributed by atoms with van der Waals surface area (Å²) in [5.74, 6) is -0.813. The summed E-state index contributed by atoms with van der Waals surface area (Å²) < 4.78 is 14.4. The molecule has 0 spiro atoms. The largest absolute Gasteiger partial charge is 0.360 e. The number of aromatic nitrogens is 3. The maximum absolute atomic E-state index is 14.4. The number of nitrogens with one attached hydrogen (secondary N) is 2. The topological polar surface area (TPSA) is 70.7 Å². The molecule has 3 aromatic heterocycles. The van der Waals surface area contributed by atoms with Crippen LogP contribution < -0.4 is 5.32 Å². The van der Waals surface area contributed by atoms with Gasteiger partial charge in [-0.2, -0.15) is 0 Å². The number of carbonyl (C=O) groups is 1. The predicted molar refractivity (Wildman–Crippen MR) is 128 cm³/mol. The number of benzene rings is 2. The van der Waals surface area contributed by atoms with E-state index in [-0.39, 0.29) is 18.1 Å². The van der Waals surface area contributed by atoms with Gasteiger partial charge >= 0.3 is 0 Å². The molecule has 0 unspecified atom stereocenters. The van der Waals surface area contributed by atoms with Crippen molar-refractivity contribution in [3.63, 3.8) is 0 Å². The molecule has 0 bridgehead atoms. The Balaban J connectivity index is 1.31. The molecule has 1 amide bonds. The Morgan fingerprint density at radius 1 is 1.09 bits per heavy atom. The molecule has 0 fully saturated rings. The number of amides is 1.